The summed E-state index contributed by atoms with van der Waals surface area (Å²) in [6, 6.07) is 8.09. The maximum Gasteiger partial charge on any atom is 0.252 e. The summed E-state index contributed by atoms with van der Waals surface area (Å²) >= 11 is 0. The number of rotatable bonds is 3. The summed E-state index contributed by atoms with van der Waals surface area (Å²) in [6.07, 6.45) is 0.749. The molecule has 0 spiro atoms. The van der Waals surface area contributed by atoms with E-state index in [-0.39, 0.29) is 21.9 Å². The van der Waals surface area contributed by atoms with E-state index in [2.05, 4.69) is 5.32 Å². The van der Waals surface area contributed by atoms with E-state index in [0.29, 0.717) is 12.1 Å². The Hall–Kier alpha value is -1.69. The zero-order valence-corrected chi connectivity index (χ0v) is 12.9. The highest BCUT2D eigenvalue weighted by Crippen LogP contribution is 2.40. The lowest BCUT2D eigenvalue weighted by Gasteiger charge is -2.41. The Balaban J connectivity index is 1.75. The highest BCUT2D eigenvalue weighted by atomic mass is 32.2. The number of amides is 2. The molecule has 2 heterocycles. The third-order valence-electron chi connectivity index (χ3n) is 4.42. The minimum absolute atomic E-state index is 0.130. The van der Waals surface area contributed by atoms with Crippen molar-refractivity contribution < 1.29 is 13.8 Å². The van der Waals surface area contributed by atoms with E-state index in [1.54, 1.807) is 29.2 Å². The van der Waals surface area contributed by atoms with Crippen LogP contribution in [0.1, 0.15) is 30.6 Å². The predicted molar refractivity (Wildman–Crippen MR) is 80.0 cm³/mol. The first-order chi connectivity index (χ1) is 9.98. The topological polar surface area (TPSA) is 66.5 Å². The molecule has 0 aliphatic carbocycles. The molecule has 112 valence electrons. The van der Waals surface area contributed by atoms with Gasteiger partial charge in [-0.3, -0.25) is 13.8 Å². The Morgan fingerprint density at radius 1 is 1.43 bits per heavy atom. The number of carbonyl (C=O) groups is 2. The number of benzene rings is 1. The molecule has 0 aromatic heterocycles. The number of carbonyl (C=O) groups excluding carboxylic acids is 2. The quantitative estimate of drug-likeness (QED) is 0.843. The molecule has 5 nitrogen and oxygen atoms in total. The maximum atomic E-state index is 12.6. The number of hydrogen-bond acceptors (Lipinski definition) is 3. The van der Waals surface area contributed by atoms with Gasteiger partial charge in [0.2, 0.25) is 5.91 Å². The highest BCUT2D eigenvalue weighted by molar-refractivity contribution is 7.87. The molecule has 21 heavy (non-hydrogen) atoms. The van der Waals surface area contributed by atoms with Gasteiger partial charge in [0.1, 0.15) is 11.4 Å². The smallest absolute Gasteiger partial charge is 0.252 e. The Labute approximate surface area is 126 Å². The first-order valence-electron chi connectivity index (χ1n) is 7.05. The molecule has 1 aromatic rings. The van der Waals surface area contributed by atoms with Crippen LogP contribution in [-0.2, 0) is 15.6 Å². The number of nitrogens with zero attached hydrogens (tertiary/aromatic N) is 1. The van der Waals surface area contributed by atoms with Crippen LogP contribution in [0.3, 0.4) is 0 Å². The second-order valence-corrected chi connectivity index (χ2v) is 7.84. The zero-order valence-electron chi connectivity index (χ0n) is 12.0. The fourth-order valence-corrected chi connectivity index (χ4v) is 4.82. The van der Waals surface area contributed by atoms with Gasteiger partial charge in [0.25, 0.3) is 5.91 Å². The average Bonchev–Trinajstić information content (AvgIpc) is 2.75. The van der Waals surface area contributed by atoms with Gasteiger partial charge >= 0.3 is 0 Å². The van der Waals surface area contributed by atoms with Crippen molar-refractivity contribution in [2.45, 2.75) is 36.4 Å². The summed E-state index contributed by atoms with van der Waals surface area (Å²) in [6.45, 7) is 4.42. The Kier molecular flexibility index (Phi) is 3.36. The molecule has 2 fully saturated rings. The Morgan fingerprint density at radius 3 is 2.71 bits per heavy atom. The lowest BCUT2D eigenvalue weighted by molar-refractivity contribution is -0.144. The van der Waals surface area contributed by atoms with Crippen LogP contribution in [-0.4, -0.2) is 43.6 Å². The van der Waals surface area contributed by atoms with Crippen molar-refractivity contribution in [3.05, 3.63) is 35.9 Å². The van der Waals surface area contributed by atoms with E-state index in [0.717, 1.165) is 6.42 Å². The minimum atomic E-state index is -1.15. The van der Waals surface area contributed by atoms with Crippen molar-refractivity contribution in [3.8, 4) is 0 Å². The number of β-lactam (4-membered cyclic amide) rings is 1. The third-order valence-corrected chi connectivity index (χ3v) is 6.78. The number of hydrogen-bond donors (Lipinski definition) is 1. The summed E-state index contributed by atoms with van der Waals surface area (Å²) < 4.78 is 12.2. The van der Waals surface area contributed by atoms with Gasteiger partial charge in [-0.05, 0) is 25.5 Å². The molecule has 0 saturated carbocycles. The molecule has 6 heteroatoms. The van der Waals surface area contributed by atoms with E-state index in [1.165, 1.54) is 0 Å². The lowest BCUT2D eigenvalue weighted by atomic mass is 10.0. The van der Waals surface area contributed by atoms with E-state index in [9.17, 15) is 13.8 Å². The first-order valence-corrected chi connectivity index (χ1v) is 8.26. The molecule has 2 aliphatic rings. The van der Waals surface area contributed by atoms with Gasteiger partial charge in [0, 0.05) is 12.1 Å². The second-order valence-electron chi connectivity index (χ2n) is 5.77. The minimum Gasteiger partial charge on any atom is -0.338 e. The molecule has 0 radical (unpaired) electrons. The van der Waals surface area contributed by atoms with Gasteiger partial charge in [-0.1, -0.05) is 25.1 Å². The molecule has 1 aromatic carbocycles. The second kappa shape index (κ2) is 4.94. The Bertz CT molecular complexity index is 619. The van der Waals surface area contributed by atoms with E-state index in [4.69, 9.17) is 0 Å². The van der Waals surface area contributed by atoms with Crippen molar-refractivity contribution in [1.82, 2.24) is 10.2 Å². The van der Waals surface area contributed by atoms with Crippen molar-refractivity contribution in [1.29, 1.82) is 0 Å². The van der Waals surface area contributed by atoms with Gasteiger partial charge in [0.15, 0.2) is 0 Å². The third kappa shape index (κ3) is 2.09. The van der Waals surface area contributed by atoms with Crippen molar-refractivity contribution in [2.75, 3.05) is 6.54 Å². The first kappa shape index (κ1) is 14.3. The zero-order chi connectivity index (χ0) is 15.2. The fourth-order valence-electron chi connectivity index (χ4n) is 2.85. The van der Waals surface area contributed by atoms with Gasteiger partial charge in [0.05, 0.1) is 15.5 Å². The molecule has 0 bridgehead atoms. The number of nitrogens with one attached hydrogen (secondary N) is 1. The van der Waals surface area contributed by atoms with Crippen LogP contribution in [0.4, 0.5) is 0 Å². The van der Waals surface area contributed by atoms with Crippen molar-refractivity contribution in [2.24, 2.45) is 0 Å². The van der Waals surface area contributed by atoms with Crippen LogP contribution in [0.2, 0.25) is 0 Å². The SMILES string of the molecule is CCC1(C)CN2C(=O)[C@@H](NC(=O)c3ccccc3)C2S1=O. The molecular weight excluding hydrogens is 288 g/mol. The summed E-state index contributed by atoms with van der Waals surface area (Å²) in [5, 5.41) is 2.34. The largest absolute Gasteiger partial charge is 0.338 e. The van der Waals surface area contributed by atoms with Gasteiger partial charge in [-0.25, -0.2) is 0 Å². The van der Waals surface area contributed by atoms with Crippen LogP contribution in [0, 0.1) is 0 Å². The molecule has 3 rings (SSSR count). The highest BCUT2D eigenvalue weighted by Gasteiger charge is 2.61. The summed E-state index contributed by atoms with van der Waals surface area (Å²) in [5.74, 6) is -0.425. The monoisotopic (exact) mass is 306 g/mol. The summed E-state index contributed by atoms with van der Waals surface area (Å²) in [5.41, 5.74) is 0.505. The molecular formula is C15H18N2O3S. The molecule has 2 amide bonds. The van der Waals surface area contributed by atoms with Crippen molar-refractivity contribution >= 4 is 22.6 Å². The van der Waals surface area contributed by atoms with E-state index >= 15 is 0 Å². The van der Waals surface area contributed by atoms with Crippen molar-refractivity contribution in [3.63, 3.8) is 0 Å². The van der Waals surface area contributed by atoms with Gasteiger partial charge in [-0.2, -0.15) is 0 Å². The summed E-state index contributed by atoms with van der Waals surface area (Å²) in [4.78, 5) is 25.9. The molecule has 3 unspecified atom stereocenters. The molecule has 2 saturated heterocycles. The van der Waals surface area contributed by atoms with Gasteiger partial charge < -0.3 is 10.2 Å². The maximum absolute atomic E-state index is 12.6. The molecule has 1 N–H and O–H groups in total. The Morgan fingerprint density at radius 2 is 2.10 bits per heavy atom. The average molecular weight is 306 g/mol. The predicted octanol–water partition coefficient (Wildman–Crippen LogP) is 0.884. The van der Waals surface area contributed by atoms with Crippen LogP contribution >= 0.6 is 0 Å². The normalized spacial score (nSPS) is 34.3. The lowest BCUT2D eigenvalue weighted by Crippen LogP contribution is -2.69. The molecule has 2 aliphatic heterocycles. The molecule has 4 atom stereocenters. The number of fused-ring (bicyclic) bond motifs is 1. The van der Waals surface area contributed by atoms with Crippen LogP contribution in [0.25, 0.3) is 0 Å². The van der Waals surface area contributed by atoms with E-state index < -0.39 is 16.8 Å². The van der Waals surface area contributed by atoms with Gasteiger partial charge in [-0.15, -0.1) is 0 Å². The van der Waals surface area contributed by atoms with Crippen LogP contribution in [0.5, 0.6) is 0 Å². The van der Waals surface area contributed by atoms with Crippen LogP contribution in [0.15, 0.2) is 30.3 Å². The van der Waals surface area contributed by atoms with E-state index in [1.807, 2.05) is 19.9 Å². The van der Waals surface area contributed by atoms with Crippen LogP contribution < -0.4 is 5.32 Å². The summed E-state index contributed by atoms with van der Waals surface area (Å²) in [7, 11) is -1.15. The standard InChI is InChI=1S/C15H18N2O3S/c1-3-15(2)9-17-13(19)11(14(17)21(15)20)16-12(18)10-7-5-4-6-8-10/h4-8,11,14H,3,9H2,1-2H3,(H,16,18)/t11-,14?,15?,21?/m1/s1. The fraction of sp³-hybridized carbons (Fsp3) is 0.467.